The predicted molar refractivity (Wildman–Crippen MR) is 157 cm³/mol. The van der Waals surface area contributed by atoms with Crippen LogP contribution in [0.3, 0.4) is 0 Å². The average molecular weight is 564 g/mol. The van der Waals surface area contributed by atoms with Crippen LogP contribution in [0.2, 0.25) is 0 Å². The van der Waals surface area contributed by atoms with Gasteiger partial charge in [0.2, 0.25) is 11.8 Å². The molecule has 0 unspecified atom stereocenters. The summed E-state index contributed by atoms with van der Waals surface area (Å²) in [5.74, 6) is 1.28. The first kappa shape index (κ1) is 26.9. The first-order valence-electron chi connectivity index (χ1n) is 13.6. The van der Waals surface area contributed by atoms with Crippen LogP contribution in [0.5, 0.6) is 17.4 Å². The fourth-order valence-corrected chi connectivity index (χ4v) is 5.14. The van der Waals surface area contributed by atoms with Gasteiger partial charge in [0, 0.05) is 35.5 Å². The average Bonchev–Trinajstić information content (AvgIpc) is 3.26. The van der Waals surface area contributed by atoms with Gasteiger partial charge in [0.1, 0.15) is 13.2 Å². The summed E-state index contributed by atoms with van der Waals surface area (Å²) in [6.07, 6.45) is 0.539. The lowest BCUT2D eigenvalue weighted by Gasteiger charge is -2.21. The summed E-state index contributed by atoms with van der Waals surface area (Å²) in [4.78, 5) is 28.8. The maximum atomic E-state index is 13.7. The minimum atomic E-state index is -0.302. The molecule has 1 amide bonds. The molecule has 3 heterocycles. The van der Waals surface area contributed by atoms with Crippen LogP contribution in [-0.2, 0) is 24.3 Å². The normalized spacial score (nSPS) is 12.8. The highest BCUT2D eigenvalue weighted by Gasteiger charge is 2.25. The lowest BCUT2D eigenvalue weighted by Crippen LogP contribution is -2.38. The van der Waals surface area contributed by atoms with Crippen LogP contribution in [0.25, 0.3) is 22.0 Å². The van der Waals surface area contributed by atoms with Crippen molar-refractivity contribution in [3.8, 4) is 28.6 Å². The maximum absolute atomic E-state index is 13.7. The molecule has 0 bridgehead atoms. The van der Waals surface area contributed by atoms with Gasteiger partial charge in [-0.2, -0.15) is 5.10 Å². The van der Waals surface area contributed by atoms with Crippen LogP contribution in [0.1, 0.15) is 16.8 Å². The number of hydrogen-bond donors (Lipinski definition) is 0. The fraction of sp³-hybridized carbons (Fsp3) is 0.219. The largest absolute Gasteiger partial charge is 0.493 e. The number of rotatable bonds is 7. The van der Waals surface area contributed by atoms with Gasteiger partial charge in [0.05, 0.1) is 37.5 Å². The van der Waals surface area contributed by atoms with E-state index in [1.54, 1.807) is 30.2 Å². The number of ether oxygens (including phenoxy) is 3. The van der Waals surface area contributed by atoms with Crippen molar-refractivity contribution in [1.82, 2.24) is 24.9 Å². The van der Waals surface area contributed by atoms with Gasteiger partial charge in [-0.25, -0.2) is 4.68 Å². The number of methoxy groups -OCH3 is 2. The molecule has 1 aliphatic rings. The van der Waals surface area contributed by atoms with E-state index in [0.717, 1.165) is 27.8 Å². The Morgan fingerprint density at radius 3 is 2.45 bits per heavy atom. The highest BCUT2D eigenvalue weighted by Crippen LogP contribution is 2.38. The summed E-state index contributed by atoms with van der Waals surface area (Å²) >= 11 is 0. The first-order chi connectivity index (χ1) is 20.5. The lowest BCUT2D eigenvalue weighted by atomic mass is 10.0. The molecule has 5 aromatic rings. The van der Waals surface area contributed by atoms with Gasteiger partial charge in [-0.3, -0.25) is 9.59 Å². The van der Waals surface area contributed by atoms with E-state index < -0.39 is 0 Å². The van der Waals surface area contributed by atoms with Crippen LogP contribution in [-0.4, -0.2) is 58.2 Å². The molecule has 1 aliphatic heterocycles. The Hall–Kier alpha value is -5.25. The van der Waals surface area contributed by atoms with Gasteiger partial charge >= 0.3 is 0 Å². The molecule has 10 heteroatoms. The molecular weight excluding hydrogens is 534 g/mol. The summed E-state index contributed by atoms with van der Waals surface area (Å²) in [6, 6.07) is 24.6. The molecular formula is C32H29N5O5. The topological polar surface area (TPSA) is 109 Å². The van der Waals surface area contributed by atoms with Gasteiger partial charge < -0.3 is 19.1 Å². The molecule has 0 radical (unpaired) electrons. The second-order valence-electron chi connectivity index (χ2n) is 9.91. The number of aromatic nitrogens is 4. The minimum absolute atomic E-state index is 0.193. The fourth-order valence-electron chi connectivity index (χ4n) is 5.14. The molecule has 212 valence electrons. The van der Waals surface area contributed by atoms with Crippen molar-refractivity contribution >= 4 is 16.7 Å². The third-order valence-electron chi connectivity index (χ3n) is 7.26. The predicted octanol–water partition coefficient (Wildman–Crippen LogP) is 3.88. The monoisotopic (exact) mass is 563 g/mol. The minimum Gasteiger partial charge on any atom is -0.493 e. The third kappa shape index (κ3) is 5.38. The van der Waals surface area contributed by atoms with E-state index in [2.05, 4.69) is 15.3 Å². The van der Waals surface area contributed by atoms with Crippen LogP contribution in [0.4, 0.5) is 0 Å². The van der Waals surface area contributed by atoms with Gasteiger partial charge in [-0.15, -0.1) is 10.2 Å². The van der Waals surface area contributed by atoms with Crippen LogP contribution in [0, 0.1) is 0 Å². The molecule has 6 rings (SSSR count). The summed E-state index contributed by atoms with van der Waals surface area (Å²) in [7, 11) is 3.10. The second kappa shape index (κ2) is 11.7. The van der Waals surface area contributed by atoms with Crippen molar-refractivity contribution in [3.05, 3.63) is 106 Å². The molecule has 0 atom stereocenters. The van der Waals surface area contributed by atoms with Gasteiger partial charge in [-0.1, -0.05) is 48.5 Å². The van der Waals surface area contributed by atoms with E-state index in [9.17, 15) is 9.59 Å². The molecule has 10 nitrogen and oxygen atoms in total. The van der Waals surface area contributed by atoms with E-state index in [4.69, 9.17) is 14.2 Å². The highest BCUT2D eigenvalue weighted by atomic mass is 16.5. The Bertz CT molecular complexity index is 1810. The molecule has 0 spiro atoms. The van der Waals surface area contributed by atoms with Crippen LogP contribution >= 0.6 is 0 Å². The summed E-state index contributed by atoms with van der Waals surface area (Å²) in [6.45, 7) is 0.687. The molecule has 3 aromatic carbocycles. The van der Waals surface area contributed by atoms with Crippen molar-refractivity contribution in [3.63, 3.8) is 0 Å². The van der Waals surface area contributed by atoms with Gasteiger partial charge in [0.15, 0.2) is 11.5 Å². The van der Waals surface area contributed by atoms with Crippen molar-refractivity contribution in [2.45, 2.75) is 19.5 Å². The number of fused-ring (bicyclic) bond motifs is 2. The molecule has 42 heavy (non-hydrogen) atoms. The number of benzene rings is 3. The Balaban J connectivity index is 1.30. The van der Waals surface area contributed by atoms with E-state index in [0.29, 0.717) is 41.4 Å². The van der Waals surface area contributed by atoms with E-state index in [-0.39, 0.29) is 31.2 Å². The number of carbonyl (C=O) groups excluding carboxylic acids is 1. The number of amides is 1. The van der Waals surface area contributed by atoms with Gasteiger partial charge in [0.25, 0.3) is 5.56 Å². The van der Waals surface area contributed by atoms with E-state index in [1.165, 1.54) is 11.8 Å². The molecule has 0 saturated carbocycles. The molecule has 0 fully saturated rings. The number of nitrogens with zero attached hydrogens (tertiary/aromatic N) is 5. The molecule has 0 aliphatic carbocycles. The number of hydrogen-bond acceptors (Lipinski definition) is 8. The second-order valence-corrected chi connectivity index (χ2v) is 9.91. The zero-order chi connectivity index (χ0) is 29.1. The maximum Gasteiger partial charge on any atom is 0.275 e. The molecule has 0 saturated heterocycles. The van der Waals surface area contributed by atoms with E-state index >= 15 is 0 Å². The summed E-state index contributed by atoms with van der Waals surface area (Å²) in [5.41, 5.74) is 3.65. The van der Waals surface area contributed by atoms with Crippen LogP contribution < -0.4 is 19.8 Å². The van der Waals surface area contributed by atoms with Crippen molar-refractivity contribution in [2.75, 3.05) is 27.4 Å². The standard InChI is InChI=1S/C32H29N5O5/c1-40-28-18-22(26-12-13-29(41-2)34-33-26)17-23-19-36(14-15-42-31(23)28)30(38)20-37-32(39)25-11-7-6-10-24(25)27(35-37)16-21-8-4-3-5-9-21/h3-13,17-18H,14-16,19-20H2,1-2H3. The zero-order valence-corrected chi connectivity index (χ0v) is 23.3. The van der Waals surface area contributed by atoms with Crippen molar-refractivity contribution in [1.29, 1.82) is 0 Å². The molecule has 0 N–H and O–H groups in total. The Morgan fingerprint density at radius 1 is 0.929 bits per heavy atom. The third-order valence-corrected chi connectivity index (χ3v) is 7.26. The highest BCUT2D eigenvalue weighted by molar-refractivity contribution is 5.84. The van der Waals surface area contributed by atoms with Gasteiger partial charge in [-0.05, 0) is 29.8 Å². The Kier molecular flexibility index (Phi) is 7.50. The lowest BCUT2D eigenvalue weighted by molar-refractivity contribution is -0.132. The van der Waals surface area contributed by atoms with Crippen LogP contribution in [0.15, 0.2) is 83.7 Å². The SMILES string of the molecule is COc1ccc(-c2cc3c(c(OC)c2)OCCN(C(=O)Cn2nc(Cc4ccccc4)c4ccccc4c2=O)C3)nn1. The Labute approximate surface area is 242 Å². The van der Waals surface area contributed by atoms with Crippen molar-refractivity contribution < 1.29 is 19.0 Å². The smallest absolute Gasteiger partial charge is 0.275 e. The summed E-state index contributed by atoms with van der Waals surface area (Å²) < 4.78 is 18.1. The zero-order valence-electron chi connectivity index (χ0n) is 23.3. The first-order valence-corrected chi connectivity index (χ1v) is 13.6. The quantitative estimate of drug-likeness (QED) is 0.294. The van der Waals surface area contributed by atoms with E-state index in [1.807, 2.05) is 60.7 Å². The number of carbonyl (C=O) groups is 1. The Morgan fingerprint density at radius 2 is 1.71 bits per heavy atom. The van der Waals surface area contributed by atoms with Crippen molar-refractivity contribution in [2.24, 2.45) is 0 Å². The molecule has 2 aromatic heterocycles. The summed E-state index contributed by atoms with van der Waals surface area (Å²) in [5, 5.41) is 14.3.